The molecule has 2 aromatic rings. The number of aromatic nitrogens is 5. The number of halogens is 2. The topological polar surface area (TPSA) is 82.7 Å². The Morgan fingerprint density at radius 1 is 0.926 bits per heavy atom. The fourth-order valence-electron chi connectivity index (χ4n) is 2.69. The van der Waals surface area contributed by atoms with Crippen LogP contribution in [-0.2, 0) is 7.05 Å². The predicted octanol–water partition coefficient (Wildman–Crippen LogP) is 2.80. The van der Waals surface area contributed by atoms with Crippen LogP contribution in [0.4, 0.5) is 0 Å². The summed E-state index contributed by atoms with van der Waals surface area (Å²) in [6, 6.07) is 13.5. The maximum Gasteiger partial charge on any atom is 0.357 e. The molecule has 2 aromatic carbocycles. The third kappa shape index (κ3) is 3.01. The number of aryl methyl sites for hydroxylation is 1. The molecule has 0 saturated carbocycles. The van der Waals surface area contributed by atoms with E-state index in [1.165, 1.54) is 4.68 Å². The zero-order valence-corrected chi connectivity index (χ0v) is 15.4. The van der Waals surface area contributed by atoms with Gasteiger partial charge in [0.25, 0.3) is 5.56 Å². The third-order valence-electron chi connectivity index (χ3n) is 3.97. The number of fused-ring (bicyclic) bond motifs is 1. The molecule has 7 nitrogen and oxygen atoms in total. The van der Waals surface area contributed by atoms with Crippen LogP contribution in [0.15, 0.2) is 58.1 Å². The maximum absolute atomic E-state index is 13.0. The normalized spacial score (nSPS) is 11.1. The molecule has 0 spiro atoms. The first-order valence-electron chi connectivity index (χ1n) is 7.84. The van der Waals surface area contributed by atoms with Crippen LogP contribution in [0.5, 0.6) is 0 Å². The monoisotopic (exact) mass is 399 g/mol. The number of hydrogen-bond donors (Lipinski definition) is 0. The Labute approximate surface area is 162 Å². The summed E-state index contributed by atoms with van der Waals surface area (Å²) >= 11 is 12.0. The van der Waals surface area contributed by atoms with Crippen molar-refractivity contribution < 1.29 is 0 Å². The summed E-state index contributed by atoms with van der Waals surface area (Å²) < 4.78 is 2.33. The van der Waals surface area contributed by atoms with Crippen molar-refractivity contribution in [2.24, 2.45) is 7.05 Å². The molecule has 2 aliphatic heterocycles. The highest BCUT2D eigenvalue weighted by atomic mass is 35.5. The van der Waals surface area contributed by atoms with Gasteiger partial charge in [-0.05, 0) is 30.3 Å². The molecule has 0 bridgehead atoms. The first-order chi connectivity index (χ1) is 13.0. The van der Waals surface area contributed by atoms with Crippen LogP contribution < -0.4 is 11.2 Å². The first kappa shape index (κ1) is 17.4. The van der Waals surface area contributed by atoms with Gasteiger partial charge in [-0.3, -0.25) is 4.79 Å². The van der Waals surface area contributed by atoms with Crippen molar-refractivity contribution >= 4 is 23.2 Å². The molecule has 27 heavy (non-hydrogen) atoms. The lowest BCUT2D eigenvalue weighted by atomic mass is 10.2. The van der Waals surface area contributed by atoms with Crippen molar-refractivity contribution in [3.63, 3.8) is 0 Å². The summed E-state index contributed by atoms with van der Waals surface area (Å²) in [6.45, 7) is 0. The molecule has 0 fully saturated rings. The minimum absolute atomic E-state index is 0.0250. The summed E-state index contributed by atoms with van der Waals surface area (Å²) in [5.41, 5.74) is -0.245. The zero-order chi connectivity index (χ0) is 19.1. The third-order valence-corrected chi connectivity index (χ3v) is 4.71. The Bertz CT molecular complexity index is 1250. The van der Waals surface area contributed by atoms with Gasteiger partial charge in [0.15, 0.2) is 17.3 Å². The van der Waals surface area contributed by atoms with Crippen LogP contribution in [-0.4, -0.2) is 24.3 Å². The molecule has 0 atom stereocenters. The van der Waals surface area contributed by atoms with Crippen LogP contribution >= 0.6 is 23.2 Å². The molecule has 0 N–H and O–H groups in total. The van der Waals surface area contributed by atoms with E-state index in [9.17, 15) is 9.59 Å². The summed E-state index contributed by atoms with van der Waals surface area (Å²) in [6.07, 6.45) is 0. The van der Waals surface area contributed by atoms with Gasteiger partial charge < -0.3 is 0 Å². The van der Waals surface area contributed by atoms with Gasteiger partial charge in [-0.2, -0.15) is 10.1 Å². The van der Waals surface area contributed by atoms with E-state index in [0.29, 0.717) is 21.3 Å². The minimum Gasteiger partial charge on any atom is -0.266 e. The summed E-state index contributed by atoms with van der Waals surface area (Å²) in [4.78, 5) is 33.7. The van der Waals surface area contributed by atoms with Crippen LogP contribution in [0.2, 0.25) is 10.0 Å². The fraction of sp³-hybridized carbons (Fsp3) is 0.0556. The molecule has 0 saturated heterocycles. The molecule has 4 rings (SSSR count). The molecule has 0 unspecified atom stereocenters. The minimum atomic E-state index is -0.694. The Kier molecular flexibility index (Phi) is 4.25. The highest BCUT2D eigenvalue weighted by Crippen LogP contribution is 2.27. The van der Waals surface area contributed by atoms with Crippen molar-refractivity contribution in [1.82, 2.24) is 24.3 Å². The second-order valence-electron chi connectivity index (χ2n) is 5.73. The Morgan fingerprint density at radius 2 is 1.67 bits per heavy atom. The van der Waals surface area contributed by atoms with E-state index in [1.54, 1.807) is 55.6 Å². The average molecular weight is 400 g/mol. The fourth-order valence-corrected chi connectivity index (χ4v) is 2.98. The van der Waals surface area contributed by atoms with E-state index in [1.807, 2.05) is 0 Å². The standard InChI is InChI=1S/C18H11Cl2N5O2/c1-24-16-14(21-15(23-24)10-7-8-12(19)13(20)9-10)17(26)25(18(27)22-16)11-5-3-2-4-6-11/h2-9H,1H3. The van der Waals surface area contributed by atoms with Gasteiger partial charge >= 0.3 is 5.69 Å². The Morgan fingerprint density at radius 3 is 2.37 bits per heavy atom. The van der Waals surface area contributed by atoms with Crippen LogP contribution in [0, 0.1) is 0 Å². The highest BCUT2D eigenvalue weighted by molar-refractivity contribution is 6.42. The molecule has 2 heterocycles. The lowest BCUT2D eigenvalue weighted by molar-refractivity contribution is 0.695. The molecule has 134 valence electrons. The Balaban J connectivity index is 2.01. The second-order valence-corrected chi connectivity index (χ2v) is 6.55. The smallest absolute Gasteiger partial charge is 0.266 e. The first-order valence-corrected chi connectivity index (χ1v) is 8.60. The molecule has 9 heteroatoms. The summed E-state index contributed by atoms with van der Waals surface area (Å²) in [5.74, 6) is 0.363. The van der Waals surface area contributed by atoms with Crippen molar-refractivity contribution in [2.45, 2.75) is 0 Å². The molecule has 0 amide bonds. The number of rotatable bonds is 2. The van der Waals surface area contributed by atoms with Gasteiger partial charge in [0, 0.05) is 12.6 Å². The van der Waals surface area contributed by atoms with Gasteiger partial charge in [0.2, 0.25) is 0 Å². The van der Waals surface area contributed by atoms with Crippen molar-refractivity contribution in [3.05, 3.63) is 79.4 Å². The quantitative estimate of drug-likeness (QED) is 0.517. The predicted molar refractivity (Wildman–Crippen MR) is 103 cm³/mol. The second kappa shape index (κ2) is 6.61. The Hall–Kier alpha value is -3.03. The van der Waals surface area contributed by atoms with E-state index in [4.69, 9.17) is 23.2 Å². The zero-order valence-electron chi connectivity index (χ0n) is 13.9. The highest BCUT2D eigenvalue weighted by Gasteiger charge is 2.21. The van der Waals surface area contributed by atoms with E-state index in [-0.39, 0.29) is 17.3 Å². The summed E-state index contributed by atoms with van der Waals surface area (Å²) in [5, 5.41) is 5.02. The lowest BCUT2D eigenvalue weighted by Crippen LogP contribution is -2.37. The number of para-hydroxylation sites is 1. The van der Waals surface area contributed by atoms with Crippen molar-refractivity contribution in [3.8, 4) is 28.6 Å². The van der Waals surface area contributed by atoms with Crippen molar-refractivity contribution in [2.75, 3.05) is 0 Å². The lowest BCUT2D eigenvalue weighted by Gasteiger charge is -2.13. The number of benzene rings is 2. The molecule has 0 radical (unpaired) electrons. The van der Waals surface area contributed by atoms with E-state index >= 15 is 0 Å². The van der Waals surface area contributed by atoms with Gasteiger partial charge in [0.05, 0.1) is 15.7 Å². The van der Waals surface area contributed by atoms with Gasteiger partial charge in [-0.1, -0.05) is 41.4 Å². The van der Waals surface area contributed by atoms with E-state index in [2.05, 4.69) is 15.1 Å². The van der Waals surface area contributed by atoms with Crippen molar-refractivity contribution in [1.29, 1.82) is 0 Å². The van der Waals surface area contributed by atoms with E-state index in [0.717, 1.165) is 4.57 Å². The van der Waals surface area contributed by atoms with Crippen LogP contribution in [0.1, 0.15) is 0 Å². The molecular formula is C18H11Cl2N5O2. The molecule has 2 aliphatic rings. The van der Waals surface area contributed by atoms with E-state index < -0.39 is 11.2 Å². The number of nitrogens with zero attached hydrogens (tertiary/aromatic N) is 5. The average Bonchev–Trinajstić information content (AvgIpc) is 2.66. The molecular weight excluding hydrogens is 389 g/mol. The SMILES string of the molecule is Cn1nc(-c2ccc(Cl)c(Cl)c2)nc2c(=O)n(-c3ccccc3)c(=O)nc1-2. The maximum atomic E-state index is 13.0. The van der Waals surface area contributed by atoms with Gasteiger partial charge in [-0.25, -0.2) is 19.0 Å². The van der Waals surface area contributed by atoms with Crippen LogP contribution in [0.3, 0.4) is 0 Å². The van der Waals surface area contributed by atoms with Gasteiger partial charge in [0.1, 0.15) is 0 Å². The molecule has 0 aromatic heterocycles. The number of hydrogen-bond acceptors (Lipinski definition) is 5. The molecule has 0 aliphatic carbocycles. The largest absolute Gasteiger partial charge is 0.357 e. The van der Waals surface area contributed by atoms with Gasteiger partial charge in [-0.15, -0.1) is 0 Å². The van der Waals surface area contributed by atoms with Crippen LogP contribution in [0.25, 0.3) is 28.6 Å². The summed E-state index contributed by atoms with van der Waals surface area (Å²) in [7, 11) is 1.59.